The first-order chi connectivity index (χ1) is 14.7. The van der Waals surface area contributed by atoms with Gasteiger partial charge in [-0.15, -0.1) is 12.4 Å². The van der Waals surface area contributed by atoms with Crippen LogP contribution in [0.5, 0.6) is 5.75 Å². The fourth-order valence-electron chi connectivity index (χ4n) is 4.30. The maximum Gasteiger partial charge on any atom is 0.163 e. The molecule has 0 aliphatic carbocycles. The molecule has 8 heteroatoms. The minimum absolute atomic E-state index is 0. The third kappa shape index (κ3) is 4.16. The van der Waals surface area contributed by atoms with Gasteiger partial charge in [0.25, 0.3) is 0 Å². The topological polar surface area (TPSA) is 90.9 Å². The third-order valence-corrected chi connectivity index (χ3v) is 5.84. The Balaban J connectivity index is 0.00000231. The van der Waals surface area contributed by atoms with Crippen molar-refractivity contribution < 1.29 is 4.74 Å². The molecule has 3 N–H and O–H groups in total. The van der Waals surface area contributed by atoms with Crippen LogP contribution in [0, 0.1) is 5.92 Å². The number of hydrogen-bond donors (Lipinski definition) is 2. The number of piperidine rings is 1. The zero-order chi connectivity index (χ0) is 20.5. The molecule has 7 nitrogen and oxygen atoms in total. The highest BCUT2D eigenvalue weighted by Crippen LogP contribution is 2.33. The minimum atomic E-state index is 0. The Morgan fingerprint density at radius 3 is 2.68 bits per heavy atom. The number of rotatable bonds is 5. The van der Waals surface area contributed by atoms with E-state index in [1.807, 2.05) is 17.7 Å². The SMILES string of the molecule is CCOc1ccc2cc(-c3nn(CC4CCNCC4)c4ncnc(N)c34)ccc2c1.Cl. The van der Waals surface area contributed by atoms with Crippen molar-refractivity contribution in [3.05, 3.63) is 42.7 Å². The summed E-state index contributed by atoms with van der Waals surface area (Å²) in [4.78, 5) is 8.76. The van der Waals surface area contributed by atoms with Crippen molar-refractivity contribution in [2.45, 2.75) is 26.3 Å². The predicted octanol–water partition coefficient (Wildman–Crippen LogP) is 4.05. The largest absolute Gasteiger partial charge is 0.494 e. The van der Waals surface area contributed by atoms with Gasteiger partial charge in [-0.2, -0.15) is 5.10 Å². The highest BCUT2D eigenvalue weighted by Gasteiger charge is 2.21. The number of nitrogens with one attached hydrogen (secondary N) is 1. The van der Waals surface area contributed by atoms with Crippen LogP contribution in [0.25, 0.3) is 33.1 Å². The number of aromatic nitrogens is 4. The van der Waals surface area contributed by atoms with Gasteiger partial charge in [-0.1, -0.05) is 18.2 Å². The van der Waals surface area contributed by atoms with E-state index in [9.17, 15) is 0 Å². The van der Waals surface area contributed by atoms with Crippen LogP contribution >= 0.6 is 12.4 Å². The number of ether oxygens (including phenoxy) is 1. The van der Waals surface area contributed by atoms with Crippen LogP contribution < -0.4 is 15.8 Å². The van der Waals surface area contributed by atoms with Crippen molar-refractivity contribution in [2.75, 3.05) is 25.4 Å². The second kappa shape index (κ2) is 9.08. The van der Waals surface area contributed by atoms with Gasteiger partial charge in [0.05, 0.1) is 12.0 Å². The van der Waals surface area contributed by atoms with Crippen LogP contribution in [-0.4, -0.2) is 39.4 Å². The molecule has 0 bridgehead atoms. The first-order valence-corrected chi connectivity index (χ1v) is 10.6. The average molecular weight is 439 g/mol. The molecule has 0 amide bonds. The van der Waals surface area contributed by atoms with Crippen LogP contribution in [0.1, 0.15) is 19.8 Å². The summed E-state index contributed by atoms with van der Waals surface area (Å²) in [6.45, 7) is 5.61. The van der Waals surface area contributed by atoms with Crippen LogP contribution in [0.4, 0.5) is 5.82 Å². The van der Waals surface area contributed by atoms with Crippen molar-refractivity contribution in [1.82, 2.24) is 25.1 Å². The van der Waals surface area contributed by atoms with E-state index in [0.717, 1.165) is 71.3 Å². The van der Waals surface area contributed by atoms with Crippen molar-refractivity contribution in [3.8, 4) is 17.0 Å². The maximum absolute atomic E-state index is 6.28. The number of nitrogen functional groups attached to an aromatic ring is 1. The molecule has 0 unspecified atom stereocenters. The molecule has 1 saturated heterocycles. The summed E-state index contributed by atoms with van der Waals surface area (Å²) in [6, 6.07) is 12.5. The van der Waals surface area contributed by atoms with E-state index in [0.29, 0.717) is 18.3 Å². The summed E-state index contributed by atoms with van der Waals surface area (Å²) in [5.41, 5.74) is 8.94. The zero-order valence-electron chi connectivity index (χ0n) is 17.5. The van der Waals surface area contributed by atoms with Crippen molar-refractivity contribution in [2.24, 2.45) is 5.92 Å². The minimum Gasteiger partial charge on any atom is -0.494 e. The second-order valence-electron chi connectivity index (χ2n) is 7.84. The Hall–Kier alpha value is -2.90. The summed E-state index contributed by atoms with van der Waals surface area (Å²) in [5.74, 6) is 1.94. The molecule has 0 saturated carbocycles. The van der Waals surface area contributed by atoms with Gasteiger partial charge in [-0.3, -0.25) is 0 Å². The van der Waals surface area contributed by atoms with Gasteiger partial charge in [0, 0.05) is 12.1 Å². The van der Waals surface area contributed by atoms with Crippen molar-refractivity contribution in [3.63, 3.8) is 0 Å². The van der Waals surface area contributed by atoms with E-state index in [2.05, 4.69) is 45.6 Å². The molecule has 31 heavy (non-hydrogen) atoms. The van der Waals surface area contributed by atoms with Gasteiger partial charge in [0.15, 0.2) is 5.65 Å². The molecule has 2 aromatic carbocycles. The molecule has 1 fully saturated rings. The Bertz CT molecular complexity index is 1200. The van der Waals surface area contributed by atoms with Gasteiger partial charge in [-0.05, 0) is 67.7 Å². The molecule has 0 atom stereocenters. The zero-order valence-corrected chi connectivity index (χ0v) is 18.4. The summed E-state index contributed by atoms with van der Waals surface area (Å²) >= 11 is 0. The first-order valence-electron chi connectivity index (χ1n) is 10.6. The van der Waals surface area contributed by atoms with Crippen LogP contribution in [0.2, 0.25) is 0 Å². The van der Waals surface area contributed by atoms with Crippen LogP contribution in [0.15, 0.2) is 42.7 Å². The number of halogens is 1. The fraction of sp³-hybridized carbons (Fsp3) is 0.348. The smallest absolute Gasteiger partial charge is 0.163 e. The number of anilines is 1. The van der Waals surface area contributed by atoms with Gasteiger partial charge in [-0.25, -0.2) is 14.6 Å². The van der Waals surface area contributed by atoms with E-state index in [1.54, 1.807) is 0 Å². The second-order valence-corrected chi connectivity index (χ2v) is 7.84. The molecule has 162 valence electrons. The molecule has 0 spiro atoms. The van der Waals surface area contributed by atoms with Gasteiger partial charge in [0.2, 0.25) is 0 Å². The number of hydrogen-bond acceptors (Lipinski definition) is 6. The average Bonchev–Trinajstić information content (AvgIpc) is 3.14. The van der Waals surface area contributed by atoms with E-state index in [-0.39, 0.29) is 12.4 Å². The lowest BCUT2D eigenvalue weighted by Crippen LogP contribution is -2.30. The van der Waals surface area contributed by atoms with E-state index in [4.69, 9.17) is 15.6 Å². The lowest BCUT2D eigenvalue weighted by atomic mass is 9.98. The number of nitrogens with zero attached hydrogens (tertiary/aromatic N) is 4. The normalized spacial score (nSPS) is 14.6. The van der Waals surface area contributed by atoms with Crippen molar-refractivity contribution in [1.29, 1.82) is 0 Å². The number of fused-ring (bicyclic) bond motifs is 2. The van der Waals surface area contributed by atoms with E-state index < -0.39 is 0 Å². The fourth-order valence-corrected chi connectivity index (χ4v) is 4.30. The molecule has 3 heterocycles. The molecular weight excluding hydrogens is 412 g/mol. The lowest BCUT2D eigenvalue weighted by Gasteiger charge is -2.22. The van der Waals surface area contributed by atoms with Crippen molar-refractivity contribution >= 4 is 40.0 Å². The Kier molecular flexibility index (Phi) is 6.25. The quantitative estimate of drug-likeness (QED) is 0.488. The standard InChI is InChI=1S/C23H26N6O.ClH/c1-2-30-19-6-5-16-11-18(4-3-17(16)12-19)21-20-22(24)26-14-27-23(20)29(28-21)13-15-7-9-25-10-8-15;/h3-6,11-12,14-15,25H,2,7-10,13H2,1H3,(H2,24,26,27);1H. The molecule has 4 aromatic rings. The molecular formula is C23H27ClN6O. The molecule has 5 rings (SSSR count). The van der Waals surface area contributed by atoms with Gasteiger partial charge in [0.1, 0.15) is 23.6 Å². The summed E-state index contributed by atoms with van der Waals surface area (Å²) in [7, 11) is 0. The number of benzene rings is 2. The number of nitrogens with two attached hydrogens (primary N) is 1. The highest BCUT2D eigenvalue weighted by atomic mass is 35.5. The summed E-state index contributed by atoms with van der Waals surface area (Å²) < 4.78 is 7.64. The lowest BCUT2D eigenvalue weighted by molar-refractivity contribution is 0.325. The monoisotopic (exact) mass is 438 g/mol. The van der Waals surface area contributed by atoms with E-state index >= 15 is 0 Å². The summed E-state index contributed by atoms with van der Waals surface area (Å²) in [6.07, 6.45) is 3.82. The molecule has 1 aliphatic heterocycles. The van der Waals surface area contributed by atoms with E-state index in [1.165, 1.54) is 6.33 Å². The van der Waals surface area contributed by atoms with Gasteiger partial charge >= 0.3 is 0 Å². The predicted molar refractivity (Wildman–Crippen MR) is 127 cm³/mol. The Morgan fingerprint density at radius 2 is 1.87 bits per heavy atom. The maximum atomic E-state index is 6.28. The molecule has 1 aliphatic rings. The van der Waals surface area contributed by atoms with Crippen LogP contribution in [0.3, 0.4) is 0 Å². The Morgan fingerprint density at radius 1 is 1.10 bits per heavy atom. The highest BCUT2D eigenvalue weighted by molar-refractivity contribution is 6.00. The Labute approximate surface area is 187 Å². The van der Waals surface area contributed by atoms with Gasteiger partial charge < -0.3 is 15.8 Å². The van der Waals surface area contributed by atoms with Crippen LogP contribution in [-0.2, 0) is 6.54 Å². The first kappa shape index (κ1) is 21.3. The molecule has 2 aromatic heterocycles. The summed E-state index contributed by atoms with van der Waals surface area (Å²) in [5, 5.41) is 11.5. The third-order valence-electron chi connectivity index (χ3n) is 5.84. The molecule has 0 radical (unpaired) electrons.